The van der Waals surface area contributed by atoms with Gasteiger partial charge in [0.25, 0.3) is 0 Å². The molecule has 34 heavy (non-hydrogen) atoms. The summed E-state index contributed by atoms with van der Waals surface area (Å²) < 4.78 is 30.2. The van der Waals surface area contributed by atoms with Crippen molar-refractivity contribution in [1.82, 2.24) is 0 Å². The lowest BCUT2D eigenvalue weighted by Crippen LogP contribution is -2.55. The first kappa shape index (κ1) is 25.0. The number of Topliss-reactive ketones (excluding diaryl/α,β-unsaturated/α-hetero) is 1. The van der Waals surface area contributed by atoms with Crippen LogP contribution in [0.15, 0.2) is 60.7 Å². The fourth-order valence-electron chi connectivity index (χ4n) is 4.78. The van der Waals surface area contributed by atoms with Crippen LogP contribution in [0.4, 0.5) is 0 Å². The van der Waals surface area contributed by atoms with Crippen molar-refractivity contribution in [3.8, 4) is 0 Å². The molecule has 0 amide bonds. The average molecular weight is 469 g/mol. The molecule has 0 N–H and O–H groups in total. The van der Waals surface area contributed by atoms with Crippen LogP contribution in [0.5, 0.6) is 0 Å². The molecule has 2 aromatic rings. The lowest BCUT2D eigenvalue weighted by atomic mass is 9.94. The van der Waals surface area contributed by atoms with Gasteiger partial charge >= 0.3 is 0 Å². The highest BCUT2D eigenvalue weighted by Gasteiger charge is 2.45. The Balaban J connectivity index is 1.37. The second kappa shape index (κ2) is 10.7. The van der Waals surface area contributed by atoms with Crippen LogP contribution in [-0.2, 0) is 41.5 Å². The standard InChI is InChI=1S/C28H36O6/c1-27(2)31-22(15-20-11-7-5-8-12-20)16-23(32-27)17-24-26(29)25(34-28(3,4)33-24)19-30-18-21-13-9-6-10-14-21/h5-14,22-25H,15-19H2,1-4H3/t22-,23+,24-,25-/m0/s1. The number of benzene rings is 2. The maximum absolute atomic E-state index is 13.2. The molecule has 6 nitrogen and oxygen atoms in total. The molecule has 4 rings (SSSR count). The SMILES string of the molecule is CC1(C)O[C@@H](C[C@@H]2OC(C)(C)O[C@@H](COCc3ccccc3)C2=O)C[C@H](Cc2ccccc2)O1. The molecule has 2 fully saturated rings. The highest BCUT2D eigenvalue weighted by molar-refractivity contribution is 5.88. The summed E-state index contributed by atoms with van der Waals surface area (Å²) in [5.41, 5.74) is 2.28. The van der Waals surface area contributed by atoms with E-state index in [1.54, 1.807) is 0 Å². The summed E-state index contributed by atoms with van der Waals surface area (Å²) in [6, 6.07) is 20.2. The molecule has 0 aromatic heterocycles. The number of carbonyl (C=O) groups excluding carboxylic acids is 1. The molecule has 0 unspecified atom stereocenters. The lowest BCUT2D eigenvalue weighted by Gasteiger charge is -2.44. The van der Waals surface area contributed by atoms with Crippen LogP contribution in [0, 0.1) is 0 Å². The molecule has 6 heteroatoms. The number of ether oxygens (including phenoxy) is 5. The number of hydrogen-bond donors (Lipinski definition) is 0. The summed E-state index contributed by atoms with van der Waals surface area (Å²) in [4.78, 5) is 13.2. The first-order chi connectivity index (χ1) is 16.2. The molecule has 0 radical (unpaired) electrons. The average Bonchev–Trinajstić information content (AvgIpc) is 2.77. The van der Waals surface area contributed by atoms with Crippen molar-refractivity contribution in [2.24, 2.45) is 0 Å². The lowest BCUT2D eigenvalue weighted by molar-refractivity contribution is -0.315. The summed E-state index contributed by atoms with van der Waals surface area (Å²) in [5.74, 6) is -1.71. The summed E-state index contributed by atoms with van der Waals surface area (Å²) in [6.07, 6.45) is 0.501. The topological polar surface area (TPSA) is 63.2 Å². The minimum atomic E-state index is -0.885. The fraction of sp³-hybridized carbons (Fsp3) is 0.536. The molecular formula is C28H36O6. The van der Waals surface area contributed by atoms with Crippen molar-refractivity contribution >= 4 is 5.78 Å². The van der Waals surface area contributed by atoms with Gasteiger partial charge in [-0.15, -0.1) is 0 Å². The Kier molecular flexibility index (Phi) is 7.85. The van der Waals surface area contributed by atoms with Gasteiger partial charge in [-0.25, -0.2) is 0 Å². The Labute approximate surface area is 202 Å². The quantitative estimate of drug-likeness (QED) is 0.553. The van der Waals surface area contributed by atoms with Crippen molar-refractivity contribution in [2.45, 2.75) is 89.6 Å². The second-order valence-corrected chi connectivity index (χ2v) is 10.1. The number of ketones is 1. The van der Waals surface area contributed by atoms with Crippen LogP contribution in [0.2, 0.25) is 0 Å². The maximum atomic E-state index is 13.2. The zero-order valence-electron chi connectivity index (χ0n) is 20.6. The summed E-state index contributed by atoms with van der Waals surface area (Å²) in [5, 5.41) is 0. The molecule has 0 aliphatic carbocycles. The third-order valence-electron chi connectivity index (χ3n) is 6.08. The van der Waals surface area contributed by atoms with E-state index in [-0.39, 0.29) is 24.6 Å². The third-order valence-corrected chi connectivity index (χ3v) is 6.08. The van der Waals surface area contributed by atoms with Crippen molar-refractivity contribution in [3.05, 3.63) is 71.8 Å². The van der Waals surface area contributed by atoms with Crippen LogP contribution < -0.4 is 0 Å². The first-order valence-corrected chi connectivity index (χ1v) is 12.1. The maximum Gasteiger partial charge on any atom is 0.192 e. The third kappa shape index (κ3) is 6.96. The molecule has 2 aromatic carbocycles. The van der Waals surface area contributed by atoms with Crippen LogP contribution in [0.3, 0.4) is 0 Å². The fourth-order valence-corrected chi connectivity index (χ4v) is 4.78. The zero-order valence-corrected chi connectivity index (χ0v) is 20.6. The van der Waals surface area contributed by atoms with Gasteiger partial charge in [-0.3, -0.25) is 4.79 Å². The van der Waals surface area contributed by atoms with E-state index in [0.29, 0.717) is 19.4 Å². The molecular weight excluding hydrogens is 432 g/mol. The summed E-state index contributed by atoms with van der Waals surface area (Å²) >= 11 is 0. The predicted molar refractivity (Wildman–Crippen MR) is 128 cm³/mol. The molecule has 2 saturated heterocycles. The Morgan fingerprint density at radius 2 is 1.32 bits per heavy atom. The highest BCUT2D eigenvalue weighted by Crippen LogP contribution is 2.34. The molecule has 0 bridgehead atoms. The van der Waals surface area contributed by atoms with Gasteiger partial charge in [-0.05, 0) is 45.2 Å². The van der Waals surface area contributed by atoms with E-state index in [0.717, 1.165) is 12.0 Å². The largest absolute Gasteiger partial charge is 0.374 e. The number of hydrogen-bond acceptors (Lipinski definition) is 6. The zero-order chi connectivity index (χ0) is 24.2. The minimum absolute atomic E-state index is 0.00380. The Morgan fingerprint density at radius 3 is 2.00 bits per heavy atom. The summed E-state index contributed by atoms with van der Waals surface area (Å²) in [6.45, 7) is 8.14. The van der Waals surface area contributed by atoms with Gasteiger partial charge < -0.3 is 23.7 Å². The summed E-state index contributed by atoms with van der Waals surface area (Å²) in [7, 11) is 0. The van der Waals surface area contributed by atoms with Gasteiger partial charge in [0, 0.05) is 12.8 Å². The predicted octanol–water partition coefficient (Wildman–Crippen LogP) is 4.84. The van der Waals surface area contributed by atoms with Crippen molar-refractivity contribution in [1.29, 1.82) is 0 Å². The van der Waals surface area contributed by atoms with Crippen molar-refractivity contribution < 1.29 is 28.5 Å². The van der Waals surface area contributed by atoms with Crippen molar-refractivity contribution in [3.63, 3.8) is 0 Å². The number of rotatable bonds is 8. The molecule has 184 valence electrons. The highest BCUT2D eigenvalue weighted by atomic mass is 16.7. The Morgan fingerprint density at radius 1 is 0.765 bits per heavy atom. The molecule has 0 spiro atoms. The smallest absolute Gasteiger partial charge is 0.192 e. The van der Waals surface area contributed by atoms with Crippen LogP contribution >= 0.6 is 0 Å². The second-order valence-electron chi connectivity index (χ2n) is 10.1. The Hall–Kier alpha value is -2.09. The van der Waals surface area contributed by atoms with E-state index in [9.17, 15) is 4.79 Å². The normalized spacial score (nSPS) is 28.5. The monoisotopic (exact) mass is 468 g/mol. The van der Waals surface area contributed by atoms with Gasteiger partial charge in [0.15, 0.2) is 17.4 Å². The number of carbonyl (C=O) groups is 1. The minimum Gasteiger partial charge on any atom is -0.374 e. The van der Waals surface area contributed by atoms with Crippen molar-refractivity contribution in [2.75, 3.05) is 6.61 Å². The first-order valence-electron chi connectivity index (χ1n) is 12.1. The van der Waals surface area contributed by atoms with Gasteiger partial charge in [0.1, 0.15) is 12.2 Å². The van der Waals surface area contributed by atoms with E-state index in [2.05, 4.69) is 12.1 Å². The molecule has 4 atom stereocenters. The van der Waals surface area contributed by atoms with E-state index in [1.165, 1.54) is 5.56 Å². The van der Waals surface area contributed by atoms with E-state index in [4.69, 9.17) is 23.7 Å². The van der Waals surface area contributed by atoms with E-state index in [1.807, 2.05) is 76.2 Å². The van der Waals surface area contributed by atoms with Gasteiger partial charge in [0.05, 0.1) is 25.4 Å². The van der Waals surface area contributed by atoms with Crippen LogP contribution in [0.1, 0.15) is 51.7 Å². The van der Waals surface area contributed by atoms with Gasteiger partial charge in [-0.1, -0.05) is 60.7 Å². The van der Waals surface area contributed by atoms with Gasteiger partial charge in [-0.2, -0.15) is 0 Å². The van der Waals surface area contributed by atoms with E-state index >= 15 is 0 Å². The molecule has 2 aliphatic heterocycles. The van der Waals surface area contributed by atoms with E-state index < -0.39 is 23.8 Å². The molecule has 2 aliphatic rings. The Bertz CT molecular complexity index is 926. The molecule has 2 heterocycles. The molecule has 0 saturated carbocycles. The van der Waals surface area contributed by atoms with Crippen LogP contribution in [0.25, 0.3) is 0 Å². The van der Waals surface area contributed by atoms with Crippen LogP contribution in [-0.4, -0.2) is 48.4 Å². The van der Waals surface area contributed by atoms with Gasteiger partial charge in [0.2, 0.25) is 0 Å².